The number of hydrogen-bond donors (Lipinski definition) is 1. The summed E-state index contributed by atoms with van der Waals surface area (Å²) >= 11 is 0. The van der Waals surface area contributed by atoms with Gasteiger partial charge in [0.2, 0.25) is 5.88 Å². The summed E-state index contributed by atoms with van der Waals surface area (Å²) in [6.07, 6.45) is 3.32. The average molecular weight is 389 g/mol. The highest BCUT2D eigenvalue weighted by Crippen LogP contribution is 2.21. The highest BCUT2D eigenvalue weighted by atomic mass is 16.5. The van der Waals surface area contributed by atoms with E-state index in [-0.39, 0.29) is 11.6 Å². The molecule has 0 bridgehead atoms. The predicted octanol–water partition coefficient (Wildman–Crippen LogP) is 3.06. The van der Waals surface area contributed by atoms with Crippen LogP contribution in [0.25, 0.3) is 5.82 Å². The standard InChI is InChI=1S/C20H19N7O2/c1-13-4-7-16(8-5-13)29-18-9-6-15(12-21-18)22-20(28)19-14(2)27(25-23-19)17-10-11-26(3)24-17/h4-12H,1-3H3,(H,22,28). The number of benzene rings is 1. The first-order valence-electron chi connectivity index (χ1n) is 8.94. The molecule has 0 saturated heterocycles. The summed E-state index contributed by atoms with van der Waals surface area (Å²) in [5.74, 6) is 1.35. The minimum atomic E-state index is -0.376. The molecule has 0 saturated carbocycles. The number of carbonyl (C=O) groups excluding carboxylic acids is 1. The monoisotopic (exact) mass is 389 g/mol. The molecule has 0 aliphatic carbocycles. The molecule has 1 N–H and O–H groups in total. The fourth-order valence-electron chi connectivity index (χ4n) is 2.70. The van der Waals surface area contributed by atoms with E-state index in [0.29, 0.717) is 28.8 Å². The molecular formula is C20H19N7O2. The smallest absolute Gasteiger partial charge is 0.278 e. The van der Waals surface area contributed by atoms with Gasteiger partial charge >= 0.3 is 0 Å². The zero-order chi connectivity index (χ0) is 20.4. The molecule has 0 aliphatic rings. The third kappa shape index (κ3) is 3.98. The summed E-state index contributed by atoms with van der Waals surface area (Å²) in [7, 11) is 1.81. The van der Waals surface area contributed by atoms with Crippen molar-refractivity contribution in [2.75, 3.05) is 5.32 Å². The Morgan fingerprint density at radius 2 is 1.86 bits per heavy atom. The number of pyridine rings is 1. The first-order valence-corrected chi connectivity index (χ1v) is 8.94. The van der Waals surface area contributed by atoms with Gasteiger partial charge in [-0.1, -0.05) is 22.9 Å². The lowest BCUT2D eigenvalue weighted by Crippen LogP contribution is -2.14. The zero-order valence-corrected chi connectivity index (χ0v) is 16.2. The number of anilines is 1. The summed E-state index contributed by atoms with van der Waals surface area (Å²) in [6.45, 7) is 3.77. The molecular weight excluding hydrogens is 370 g/mol. The maximum absolute atomic E-state index is 12.6. The molecule has 0 unspecified atom stereocenters. The van der Waals surface area contributed by atoms with Crippen LogP contribution in [0.4, 0.5) is 5.69 Å². The number of hydrogen-bond acceptors (Lipinski definition) is 6. The number of aromatic nitrogens is 6. The summed E-state index contributed by atoms with van der Waals surface area (Å²) < 4.78 is 8.87. The lowest BCUT2D eigenvalue weighted by molar-refractivity contribution is 0.102. The lowest BCUT2D eigenvalue weighted by atomic mass is 10.2. The third-order valence-corrected chi connectivity index (χ3v) is 4.26. The molecule has 1 aromatic carbocycles. The van der Waals surface area contributed by atoms with Gasteiger partial charge in [-0.2, -0.15) is 9.78 Å². The van der Waals surface area contributed by atoms with Gasteiger partial charge in [-0.25, -0.2) is 4.98 Å². The highest BCUT2D eigenvalue weighted by Gasteiger charge is 2.18. The molecule has 4 rings (SSSR count). The normalized spacial score (nSPS) is 10.7. The summed E-state index contributed by atoms with van der Waals surface area (Å²) in [6, 6.07) is 12.9. The van der Waals surface area contributed by atoms with Gasteiger partial charge in [-0.3, -0.25) is 9.48 Å². The Hall–Kier alpha value is -4.01. The van der Waals surface area contributed by atoms with Crippen LogP contribution in [0.3, 0.4) is 0 Å². The van der Waals surface area contributed by atoms with Crippen LogP contribution < -0.4 is 10.1 Å². The van der Waals surface area contributed by atoms with E-state index < -0.39 is 0 Å². The minimum absolute atomic E-state index is 0.218. The van der Waals surface area contributed by atoms with Crippen molar-refractivity contribution in [1.82, 2.24) is 29.8 Å². The molecule has 3 heterocycles. The van der Waals surface area contributed by atoms with Gasteiger partial charge in [0.15, 0.2) is 11.5 Å². The Kier molecular flexibility index (Phi) is 4.78. The molecule has 4 aromatic rings. The van der Waals surface area contributed by atoms with Crippen LogP contribution in [-0.2, 0) is 7.05 Å². The van der Waals surface area contributed by atoms with E-state index in [2.05, 4.69) is 25.7 Å². The van der Waals surface area contributed by atoms with Crippen LogP contribution >= 0.6 is 0 Å². The van der Waals surface area contributed by atoms with Crippen LogP contribution in [0.1, 0.15) is 21.7 Å². The number of carbonyl (C=O) groups is 1. The quantitative estimate of drug-likeness (QED) is 0.563. The van der Waals surface area contributed by atoms with Crippen molar-refractivity contribution < 1.29 is 9.53 Å². The highest BCUT2D eigenvalue weighted by molar-refractivity contribution is 6.03. The van der Waals surface area contributed by atoms with Gasteiger partial charge in [-0.05, 0) is 32.0 Å². The van der Waals surface area contributed by atoms with E-state index in [9.17, 15) is 4.79 Å². The number of rotatable bonds is 5. The van der Waals surface area contributed by atoms with Crippen LogP contribution in [-0.4, -0.2) is 35.7 Å². The molecule has 0 atom stereocenters. The maximum atomic E-state index is 12.6. The molecule has 3 aromatic heterocycles. The van der Waals surface area contributed by atoms with Gasteiger partial charge in [0.25, 0.3) is 5.91 Å². The van der Waals surface area contributed by atoms with E-state index >= 15 is 0 Å². The Bertz CT molecular complexity index is 1140. The molecule has 1 amide bonds. The molecule has 0 radical (unpaired) electrons. The van der Waals surface area contributed by atoms with Crippen molar-refractivity contribution in [3.05, 3.63) is 71.8 Å². The fourth-order valence-corrected chi connectivity index (χ4v) is 2.70. The molecule has 0 aliphatic heterocycles. The third-order valence-electron chi connectivity index (χ3n) is 4.26. The summed E-state index contributed by atoms with van der Waals surface area (Å²) in [5.41, 5.74) is 2.49. The average Bonchev–Trinajstić information content (AvgIpc) is 3.30. The van der Waals surface area contributed by atoms with Crippen LogP contribution in [0, 0.1) is 13.8 Å². The van der Waals surface area contributed by atoms with Crippen LogP contribution in [0.5, 0.6) is 11.6 Å². The second-order valence-corrected chi connectivity index (χ2v) is 6.54. The Morgan fingerprint density at radius 3 is 2.52 bits per heavy atom. The van der Waals surface area contributed by atoms with Crippen LogP contribution in [0.15, 0.2) is 54.9 Å². The van der Waals surface area contributed by atoms with Gasteiger partial charge in [0.1, 0.15) is 5.75 Å². The number of nitrogens with one attached hydrogen (secondary N) is 1. The van der Waals surface area contributed by atoms with Gasteiger partial charge < -0.3 is 10.1 Å². The van der Waals surface area contributed by atoms with Crippen molar-refractivity contribution in [1.29, 1.82) is 0 Å². The second kappa shape index (κ2) is 7.55. The van der Waals surface area contributed by atoms with E-state index in [1.54, 1.807) is 36.0 Å². The molecule has 0 spiro atoms. The number of ether oxygens (including phenoxy) is 1. The fraction of sp³-hybridized carbons (Fsp3) is 0.150. The summed E-state index contributed by atoms with van der Waals surface area (Å²) in [5, 5.41) is 15.0. The molecule has 0 fully saturated rings. The van der Waals surface area contributed by atoms with Gasteiger partial charge in [0.05, 0.1) is 17.6 Å². The summed E-state index contributed by atoms with van der Waals surface area (Å²) in [4.78, 5) is 16.8. The first kappa shape index (κ1) is 18.4. The Labute approximate surface area is 167 Å². The largest absolute Gasteiger partial charge is 0.439 e. The number of amides is 1. The molecule has 9 nitrogen and oxygen atoms in total. The van der Waals surface area contributed by atoms with E-state index in [4.69, 9.17) is 4.74 Å². The van der Waals surface area contributed by atoms with Crippen LogP contribution in [0.2, 0.25) is 0 Å². The topological polar surface area (TPSA) is 99.8 Å². The molecule has 9 heteroatoms. The number of nitrogens with zero attached hydrogens (tertiary/aromatic N) is 6. The first-order chi connectivity index (χ1) is 14.0. The Morgan fingerprint density at radius 1 is 1.07 bits per heavy atom. The molecule has 29 heavy (non-hydrogen) atoms. The van der Waals surface area contributed by atoms with Crippen molar-refractivity contribution >= 4 is 11.6 Å². The van der Waals surface area contributed by atoms with E-state index in [1.165, 1.54) is 10.9 Å². The Balaban J connectivity index is 1.45. The van der Waals surface area contributed by atoms with Crippen molar-refractivity contribution in [3.63, 3.8) is 0 Å². The van der Waals surface area contributed by atoms with Crippen molar-refractivity contribution in [3.8, 4) is 17.4 Å². The lowest BCUT2D eigenvalue weighted by Gasteiger charge is -2.07. The van der Waals surface area contributed by atoms with E-state index in [0.717, 1.165) is 5.56 Å². The number of aryl methyl sites for hydroxylation is 2. The predicted molar refractivity (Wildman–Crippen MR) is 106 cm³/mol. The van der Waals surface area contributed by atoms with Crippen molar-refractivity contribution in [2.45, 2.75) is 13.8 Å². The molecule has 146 valence electrons. The van der Waals surface area contributed by atoms with Crippen molar-refractivity contribution in [2.24, 2.45) is 7.05 Å². The second-order valence-electron chi connectivity index (χ2n) is 6.54. The maximum Gasteiger partial charge on any atom is 0.278 e. The minimum Gasteiger partial charge on any atom is -0.439 e. The SMILES string of the molecule is Cc1ccc(Oc2ccc(NC(=O)c3nnn(-c4ccn(C)n4)c3C)cn2)cc1. The van der Waals surface area contributed by atoms with Gasteiger partial charge in [-0.15, -0.1) is 5.10 Å². The zero-order valence-electron chi connectivity index (χ0n) is 16.2. The van der Waals surface area contributed by atoms with E-state index in [1.807, 2.05) is 38.2 Å². The van der Waals surface area contributed by atoms with Gasteiger partial charge in [0, 0.05) is 25.4 Å².